The van der Waals surface area contributed by atoms with E-state index >= 15 is 0 Å². The summed E-state index contributed by atoms with van der Waals surface area (Å²) in [6.45, 7) is 2.55. The third-order valence-corrected chi connectivity index (χ3v) is 4.55. The van der Waals surface area contributed by atoms with E-state index in [0.29, 0.717) is 18.3 Å². The molecule has 0 saturated heterocycles. The number of hydrogen-bond acceptors (Lipinski definition) is 6. The molecule has 3 aromatic rings. The SMILES string of the molecule is C1=C(c2cccnc2)CN(Cc2nc(-c3ccsc3)no2)CC1. The predicted octanol–water partition coefficient (Wildman–Crippen LogP) is 3.48. The fraction of sp³-hybridized carbons (Fsp3) is 0.235. The maximum absolute atomic E-state index is 5.40. The second kappa shape index (κ2) is 6.44. The molecule has 5 nitrogen and oxygen atoms in total. The molecule has 0 radical (unpaired) electrons. The summed E-state index contributed by atoms with van der Waals surface area (Å²) in [5.41, 5.74) is 3.50. The zero-order chi connectivity index (χ0) is 15.5. The highest BCUT2D eigenvalue weighted by molar-refractivity contribution is 7.08. The number of thiophene rings is 1. The van der Waals surface area contributed by atoms with Gasteiger partial charge in [0, 0.05) is 36.4 Å². The van der Waals surface area contributed by atoms with Crippen LogP contribution >= 0.6 is 11.3 Å². The third kappa shape index (κ3) is 3.23. The zero-order valence-electron chi connectivity index (χ0n) is 12.6. The van der Waals surface area contributed by atoms with Crippen LogP contribution in [0, 0.1) is 0 Å². The molecule has 0 atom stereocenters. The van der Waals surface area contributed by atoms with Gasteiger partial charge in [0.1, 0.15) is 0 Å². The van der Waals surface area contributed by atoms with Crippen LogP contribution in [-0.4, -0.2) is 33.1 Å². The summed E-state index contributed by atoms with van der Waals surface area (Å²) in [7, 11) is 0. The smallest absolute Gasteiger partial charge is 0.241 e. The van der Waals surface area contributed by atoms with Crippen molar-refractivity contribution in [1.29, 1.82) is 0 Å². The molecule has 0 aliphatic carbocycles. The summed E-state index contributed by atoms with van der Waals surface area (Å²) in [6, 6.07) is 6.08. The molecule has 116 valence electrons. The summed E-state index contributed by atoms with van der Waals surface area (Å²) in [6.07, 6.45) is 7.03. The summed E-state index contributed by atoms with van der Waals surface area (Å²) in [5, 5.41) is 8.11. The lowest BCUT2D eigenvalue weighted by Crippen LogP contribution is -2.29. The Hall–Kier alpha value is -2.31. The summed E-state index contributed by atoms with van der Waals surface area (Å²) in [4.78, 5) is 11.0. The van der Waals surface area contributed by atoms with Gasteiger partial charge in [0.25, 0.3) is 0 Å². The maximum atomic E-state index is 5.40. The monoisotopic (exact) mass is 324 g/mol. The first-order chi connectivity index (χ1) is 11.4. The highest BCUT2D eigenvalue weighted by atomic mass is 32.1. The number of aromatic nitrogens is 3. The lowest BCUT2D eigenvalue weighted by Gasteiger charge is -2.25. The molecular formula is C17H16N4OS. The number of rotatable bonds is 4. The van der Waals surface area contributed by atoms with Crippen LogP contribution in [0.5, 0.6) is 0 Å². The van der Waals surface area contributed by atoms with Crippen molar-refractivity contribution >= 4 is 16.9 Å². The largest absolute Gasteiger partial charge is 0.338 e. The van der Waals surface area contributed by atoms with Gasteiger partial charge in [-0.3, -0.25) is 9.88 Å². The molecule has 1 aliphatic heterocycles. The summed E-state index contributed by atoms with van der Waals surface area (Å²) >= 11 is 1.63. The second-order valence-corrected chi connectivity index (χ2v) is 6.27. The first-order valence-corrected chi connectivity index (χ1v) is 8.50. The number of pyridine rings is 1. The van der Waals surface area contributed by atoms with E-state index in [1.54, 1.807) is 17.5 Å². The molecule has 0 N–H and O–H groups in total. The van der Waals surface area contributed by atoms with Gasteiger partial charge in [0.05, 0.1) is 6.54 Å². The van der Waals surface area contributed by atoms with Crippen LogP contribution in [0.3, 0.4) is 0 Å². The van der Waals surface area contributed by atoms with Gasteiger partial charge in [-0.15, -0.1) is 0 Å². The lowest BCUT2D eigenvalue weighted by molar-refractivity contribution is 0.247. The Kier molecular flexibility index (Phi) is 4.00. The zero-order valence-corrected chi connectivity index (χ0v) is 13.4. The van der Waals surface area contributed by atoms with Gasteiger partial charge < -0.3 is 4.52 Å². The normalized spacial score (nSPS) is 15.6. The molecule has 4 heterocycles. The Morgan fingerprint density at radius 3 is 3.09 bits per heavy atom. The van der Waals surface area contributed by atoms with E-state index in [-0.39, 0.29) is 0 Å². The van der Waals surface area contributed by atoms with Crippen molar-refractivity contribution < 1.29 is 4.52 Å². The molecule has 0 saturated carbocycles. The Morgan fingerprint density at radius 2 is 2.26 bits per heavy atom. The molecule has 0 unspecified atom stereocenters. The van der Waals surface area contributed by atoms with Crippen LogP contribution in [0.4, 0.5) is 0 Å². The molecule has 1 aliphatic rings. The van der Waals surface area contributed by atoms with Crippen LogP contribution in [0.1, 0.15) is 17.9 Å². The van der Waals surface area contributed by atoms with Crippen LogP contribution in [0.2, 0.25) is 0 Å². The quantitative estimate of drug-likeness (QED) is 0.735. The van der Waals surface area contributed by atoms with Gasteiger partial charge in [0.15, 0.2) is 0 Å². The van der Waals surface area contributed by atoms with Crippen molar-refractivity contribution in [2.75, 3.05) is 13.1 Å². The minimum Gasteiger partial charge on any atom is -0.338 e. The molecule has 23 heavy (non-hydrogen) atoms. The average Bonchev–Trinajstić information content (AvgIpc) is 3.27. The minimum absolute atomic E-state index is 0.665. The molecule has 3 aromatic heterocycles. The van der Waals surface area contributed by atoms with E-state index in [2.05, 4.69) is 32.2 Å². The second-order valence-electron chi connectivity index (χ2n) is 5.49. The first kappa shape index (κ1) is 14.3. The van der Waals surface area contributed by atoms with Crippen LogP contribution in [0.15, 0.2) is 52.0 Å². The van der Waals surface area contributed by atoms with E-state index in [9.17, 15) is 0 Å². The predicted molar refractivity (Wildman–Crippen MR) is 89.7 cm³/mol. The fourth-order valence-electron chi connectivity index (χ4n) is 2.72. The molecule has 0 fully saturated rings. The van der Waals surface area contributed by atoms with Gasteiger partial charge >= 0.3 is 0 Å². The van der Waals surface area contributed by atoms with Gasteiger partial charge in [-0.2, -0.15) is 16.3 Å². The van der Waals surface area contributed by atoms with Crippen molar-refractivity contribution in [3.05, 3.63) is 58.9 Å². The Bertz CT molecular complexity index is 795. The van der Waals surface area contributed by atoms with E-state index in [1.165, 1.54) is 11.1 Å². The van der Waals surface area contributed by atoms with Crippen molar-refractivity contribution in [2.45, 2.75) is 13.0 Å². The average molecular weight is 324 g/mol. The fourth-order valence-corrected chi connectivity index (χ4v) is 3.36. The topological polar surface area (TPSA) is 55.1 Å². The van der Waals surface area contributed by atoms with Gasteiger partial charge in [-0.25, -0.2) is 0 Å². The van der Waals surface area contributed by atoms with Gasteiger partial charge in [-0.1, -0.05) is 17.3 Å². The standard InChI is InChI=1S/C17H16N4OS/c1-3-13(9-18-6-1)14-4-2-7-21(10-14)11-16-19-17(20-22-16)15-5-8-23-12-15/h1,3-6,8-9,12H,2,7,10-11H2. The van der Waals surface area contributed by atoms with Crippen molar-refractivity contribution in [3.8, 4) is 11.4 Å². The third-order valence-electron chi connectivity index (χ3n) is 3.87. The van der Waals surface area contributed by atoms with E-state index < -0.39 is 0 Å². The highest BCUT2D eigenvalue weighted by Crippen LogP contribution is 2.22. The molecule has 0 aromatic carbocycles. The minimum atomic E-state index is 0.665. The number of nitrogens with zero attached hydrogens (tertiary/aromatic N) is 4. The molecule has 6 heteroatoms. The first-order valence-electron chi connectivity index (χ1n) is 7.55. The number of hydrogen-bond donors (Lipinski definition) is 0. The lowest BCUT2D eigenvalue weighted by atomic mass is 10.0. The van der Waals surface area contributed by atoms with Crippen molar-refractivity contribution in [3.63, 3.8) is 0 Å². The van der Waals surface area contributed by atoms with Gasteiger partial charge in [-0.05, 0) is 35.1 Å². The summed E-state index contributed by atoms with van der Waals surface area (Å²) < 4.78 is 5.40. The van der Waals surface area contributed by atoms with E-state index in [0.717, 1.165) is 25.1 Å². The molecule has 0 bridgehead atoms. The molecule has 0 amide bonds. The van der Waals surface area contributed by atoms with Crippen LogP contribution in [-0.2, 0) is 6.54 Å². The van der Waals surface area contributed by atoms with Crippen LogP contribution in [0.25, 0.3) is 17.0 Å². The van der Waals surface area contributed by atoms with Gasteiger partial charge in [0.2, 0.25) is 11.7 Å². The Morgan fingerprint density at radius 1 is 1.26 bits per heavy atom. The highest BCUT2D eigenvalue weighted by Gasteiger charge is 2.17. The molecule has 4 rings (SSSR count). The van der Waals surface area contributed by atoms with Crippen molar-refractivity contribution in [2.24, 2.45) is 0 Å². The van der Waals surface area contributed by atoms with E-state index in [1.807, 2.05) is 29.1 Å². The molecular weight excluding hydrogens is 308 g/mol. The Balaban J connectivity index is 1.45. The summed E-state index contributed by atoms with van der Waals surface area (Å²) in [5.74, 6) is 1.33. The molecule has 0 spiro atoms. The van der Waals surface area contributed by atoms with Crippen LogP contribution < -0.4 is 0 Å². The van der Waals surface area contributed by atoms with Crippen molar-refractivity contribution in [1.82, 2.24) is 20.0 Å². The Labute approximate surface area is 138 Å². The maximum Gasteiger partial charge on any atom is 0.241 e. The van der Waals surface area contributed by atoms with E-state index in [4.69, 9.17) is 4.52 Å².